The number of aliphatic hydroxyl groups excluding tert-OH is 2. The zero-order valence-corrected chi connectivity index (χ0v) is 9.59. The van der Waals surface area contributed by atoms with Crippen LogP contribution in [-0.2, 0) is 28.5 Å². The molecule has 0 aromatic carbocycles. The predicted octanol–water partition coefficient (Wildman–Crippen LogP) is -2.41. The van der Waals surface area contributed by atoms with Gasteiger partial charge in [0.1, 0.15) is 30.5 Å². The van der Waals surface area contributed by atoms with Gasteiger partial charge in [-0.05, 0) is 0 Å². The Bertz CT molecular complexity index is 332. The van der Waals surface area contributed by atoms with Gasteiger partial charge in [0.2, 0.25) is 0 Å². The molecule has 2 heterocycles. The Balaban J connectivity index is 1.98. The summed E-state index contributed by atoms with van der Waals surface area (Å²) >= 11 is 0. The normalized spacial score (nSPS) is 43.9. The number of rotatable bonds is 3. The molecule has 0 radical (unpaired) electrons. The number of hydrogen-bond donors (Lipinski definition) is 2. The van der Waals surface area contributed by atoms with Gasteiger partial charge >= 0.3 is 5.97 Å². The van der Waals surface area contributed by atoms with Gasteiger partial charge in [-0.3, -0.25) is 0 Å². The zero-order chi connectivity index (χ0) is 13.3. The molecular formula is C10H14O8. The first-order valence-corrected chi connectivity index (χ1v) is 5.40. The summed E-state index contributed by atoms with van der Waals surface area (Å²) in [6.07, 6.45) is -6.14. The number of esters is 1. The monoisotopic (exact) mass is 262 g/mol. The Kier molecular flexibility index (Phi) is 3.93. The highest BCUT2D eigenvalue weighted by atomic mass is 16.8. The number of ether oxygens (including phenoxy) is 4. The predicted molar refractivity (Wildman–Crippen MR) is 53.4 cm³/mol. The van der Waals surface area contributed by atoms with E-state index in [0.717, 1.165) is 0 Å². The van der Waals surface area contributed by atoms with Gasteiger partial charge in [0.25, 0.3) is 6.29 Å². The summed E-state index contributed by atoms with van der Waals surface area (Å²) in [6, 6.07) is 0. The van der Waals surface area contributed by atoms with Gasteiger partial charge in [0.15, 0.2) is 6.29 Å². The van der Waals surface area contributed by atoms with Crippen molar-refractivity contribution >= 4 is 12.3 Å². The SMILES string of the molecule is COC(=O)C1OCC(C2OC(C=O)C(O)C2O)O1. The van der Waals surface area contributed by atoms with E-state index in [1.165, 1.54) is 7.11 Å². The van der Waals surface area contributed by atoms with Crippen LogP contribution in [0.25, 0.3) is 0 Å². The molecule has 18 heavy (non-hydrogen) atoms. The molecule has 2 aliphatic rings. The maximum absolute atomic E-state index is 11.2. The molecule has 8 nitrogen and oxygen atoms in total. The standard InChI is InChI=1S/C10H14O8/c1-15-9(14)10-16-3-5(18-10)8-7(13)6(12)4(2-11)17-8/h2,4-8,10,12-13H,3H2,1H3. The molecule has 6 unspecified atom stereocenters. The summed E-state index contributed by atoms with van der Waals surface area (Å²) < 4.78 is 19.8. The molecule has 2 fully saturated rings. The van der Waals surface area contributed by atoms with E-state index in [4.69, 9.17) is 14.2 Å². The Morgan fingerprint density at radius 2 is 2.06 bits per heavy atom. The molecule has 8 heteroatoms. The average molecular weight is 262 g/mol. The molecule has 0 aromatic heterocycles. The van der Waals surface area contributed by atoms with Crippen LogP contribution in [-0.4, -0.2) is 73.0 Å². The van der Waals surface area contributed by atoms with Crippen molar-refractivity contribution in [2.45, 2.75) is 36.8 Å². The lowest BCUT2D eigenvalue weighted by molar-refractivity contribution is -0.175. The molecule has 0 spiro atoms. The molecule has 0 aromatic rings. The number of methoxy groups -OCH3 is 1. The van der Waals surface area contributed by atoms with Crippen molar-refractivity contribution in [3.05, 3.63) is 0 Å². The van der Waals surface area contributed by atoms with Gasteiger partial charge in [-0.1, -0.05) is 0 Å². The van der Waals surface area contributed by atoms with Crippen LogP contribution in [0.1, 0.15) is 0 Å². The molecule has 2 saturated heterocycles. The van der Waals surface area contributed by atoms with Crippen molar-refractivity contribution in [2.24, 2.45) is 0 Å². The molecule has 2 N–H and O–H groups in total. The first-order chi connectivity index (χ1) is 8.58. The van der Waals surface area contributed by atoms with Crippen LogP contribution in [0.5, 0.6) is 0 Å². The summed E-state index contributed by atoms with van der Waals surface area (Å²) in [7, 11) is 1.19. The van der Waals surface area contributed by atoms with Crippen LogP contribution in [0.15, 0.2) is 0 Å². The summed E-state index contributed by atoms with van der Waals surface area (Å²) in [5.74, 6) is -0.697. The molecule has 0 aliphatic carbocycles. The number of carbonyl (C=O) groups is 2. The maximum atomic E-state index is 11.2. The van der Waals surface area contributed by atoms with Crippen LogP contribution in [0.3, 0.4) is 0 Å². The van der Waals surface area contributed by atoms with Crippen molar-refractivity contribution in [3.63, 3.8) is 0 Å². The summed E-state index contributed by atoms with van der Waals surface area (Å²) in [5.41, 5.74) is 0. The lowest BCUT2D eigenvalue weighted by atomic mass is 10.0. The second-order valence-electron chi connectivity index (χ2n) is 4.05. The fourth-order valence-corrected chi connectivity index (χ4v) is 1.96. The largest absolute Gasteiger partial charge is 0.465 e. The highest BCUT2D eigenvalue weighted by Gasteiger charge is 2.49. The van der Waals surface area contributed by atoms with E-state index in [1.807, 2.05) is 0 Å². The molecule has 0 saturated carbocycles. The van der Waals surface area contributed by atoms with Crippen LogP contribution in [0, 0.1) is 0 Å². The van der Waals surface area contributed by atoms with Crippen molar-refractivity contribution in [3.8, 4) is 0 Å². The highest BCUT2D eigenvalue weighted by Crippen LogP contribution is 2.28. The third kappa shape index (κ3) is 2.25. The van der Waals surface area contributed by atoms with E-state index in [-0.39, 0.29) is 6.61 Å². The minimum absolute atomic E-state index is 0.000208. The highest BCUT2D eigenvalue weighted by molar-refractivity contribution is 5.73. The third-order valence-electron chi connectivity index (χ3n) is 2.94. The quantitative estimate of drug-likeness (QED) is 0.427. The summed E-state index contributed by atoms with van der Waals surface area (Å²) in [5, 5.41) is 19.2. The van der Waals surface area contributed by atoms with Gasteiger partial charge < -0.3 is 34.0 Å². The molecule has 2 aliphatic heterocycles. The lowest BCUT2D eigenvalue weighted by Gasteiger charge is -2.19. The van der Waals surface area contributed by atoms with Crippen molar-refractivity contribution in [1.82, 2.24) is 0 Å². The summed E-state index contributed by atoms with van der Waals surface area (Å²) in [4.78, 5) is 21.8. The van der Waals surface area contributed by atoms with E-state index in [2.05, 4.69) is 4.74 Å². The van der Waals surface area contributed by atoms with E-state index in [1.54, 1.807) is 0 Å². The molecule has 102 valence electrons. The van der Waals surface area contributed by atoms with E-state index < -0.39 is 42.8 Å². The Morgan fingerprint density at radius 3 is 2.61 bits per heavy atom. The minimum atomic E-state index is -1.31. The second kappa shape index (κ2) is 5.29. The molecular weight excluding hydrogens is 248 g/mol. The topological polar surface area (TPSA) is 112 Å². The van der Waals surface area contributed by atoms with Gasteiger partial charge in [0.05, 0.1) is 13.7 Å². The first kappa shape index (κ1) is 13.4. The number of aliphatic hydroxyl groups is 2. The first-order valence-electron chi connectivity index (χ1n) is 5.40. The van der Waals surface area contributed by atoms with Crippen LogP contribution < -0.4 is 0 Å². The Labute approximate surface area is 102 Å². The Morgan fingerprint density at radius 1 is 1.33 bits per heavy atom. The van der Waals surface area contributed by atoms with Gasteiger partial charge in [-0.15, -0.1) is 0 Å². The van der Waals surface area contributed by atoms with Crippen molar-refractivity contribution < 1.29 is 38.7 Å². The zero-order valence-electron chi connectivity index (χ0n) is 9.59. The molecule has 0 amide bonds. The van der Waals surface area contributed by atoms with Gasteiger partial charge in [0, 0.05) is 0 Å². The van der Waals surface area contributed by atoms with Gasteiger partial charge in [-0.25, -0.2) is 4.79 Å². The van der Waals surface area contributed by atoms with Crippen molar-refractivity contribution in [1.29, 1.82) is 0 Å². The number of carbonyl (C=O) groups excluding carboxylic acids is 2. The maximum Gasteiger partial charge on any atom is 0.363 e. The summed E-state index contributed by atoms with van der Waals surface area (Å²) in [6.45, 7) is -0.000208. The average Bonchev–Trinajstić information content (AvgIpc) is 2.96. The number of aldehydes is 1. The third-order valence-corrected chi connectivity index (χ3v) is 2.94. The lowest BCUT2D eigenvalue weighted by Crippen LogP contribution is -2.40. The van der Waals surface area contributed by atoms with Crippen LogP contribution in [0.2, 0.25) is 0 Å². The molecule has 6 atom stereocenters. The van der Waals surface area contributed by atoms with Gasteiger partial charge in [-0.2, -0.15) is 0 Å². The van der Waals surface area contributed by atoms with Crippen LogP contribution in [0.4, 0.5) is 0 Å². The molecule has 2 rings (SSSR count). The van der Waals surface area contributed by atoms with E-state index >= 15 is 0 Å². The Hall–Kier alpha value is -1.06. The molecule has 0 bridgehead atoms. The fraction of sp³-hybridized carbons (Fsp3) is 0.800. The number of hydrogen-bond acceptors (Lipinski definition) is 8. The van der Waals surface area contributed by atoms with Crippen molar-refractivity contribution in [2.75, 3.05) is 13.7 Å². The van der Waals surface area contributed by atoms with E-state index in [9.17, 15) is 19.8 Å². The minimum Gasteiger partial charge on any atom is -0.465 e. The van der Waals surface area contributed by atoms with Crippen LogP contribution >= 0.6 is 0 Å². The smallest absolute Gasteiger partial charge is 0.363 e. The van der Waals surface area contributed by atoms with E-state index in [0.29, 0.717) is 6.29 Å². The second-order valence-corrected chi connectivity index (χ2v) is 4.05. The fourth-order valence-electron chi connectivity index (χ4n) is 1.96.